The van der Waals surface area contributed by atoms with E-state index >= 15 is 0 Å². The summed E-state index contributed by atoms with van der Waals surface area (Å²) in [5, 5.41) is 4.16. The largest absolute Gasteiger partial charge is 0.434 e. The van der Waals surface area contributed by atoms with Gasteiger partial charge in [0.1, 0.15) is 17.1 Å². The summed E-state index contributed by atoms with van der Waals surface area (Å²) >= 11 is 0. The maximum atomic E-state index is 13.1. The number of halogens is 3. The Kier molecular flexibility index (Phi) is 5.02. The van der Waals surface area contributed by atoms with Crippen molar-refractivity contribution in [2.45, 2.75) is 50.9 Å². The van der Waals surface area contributed by atoms with Crippen LogP contribution in [0.15, 0.2) is 42.7 Å². The zero-order valence-corrected chi connectivity index (χ0v) is 17.9. The molecule has 10 heteroatoms. The smallest absolute Gasteiger partial charge is 0.368 e. The van der Waals surface area contributed by atoms with E-state index in [4.69, 9.17) is 5.73 Å². The van der Waals surface area contributed by atoms with Gasteiger partial charge in [-0.1, -0.05) is 6.07 Å². The Bertz CT molecular complexity index is 1350. The van der Waals surface area contributed by atoms with E-state index in [1.165, 1.54) is 4.40 Å². The van der Waals surface area contributed by atoms with Crippen molar-refractivity contribution < 1.29 is 18.0 Å². The van der Waals surface area contributed by atoms with Gasteiger partial charge in [0.25, 0.3) is 0 Å². The van der Waals surface area contributed by atoms with Crippen LogP contribution in [0, 0.1) is 6.92 Å². The standard InChI is InChI=1S/C23H23F3N6O/c1-13-11-17-16(21(27)33)9-10-28-22(17)32(13)15-7-5-14(6-8-15)29-19-3-2-4-20-30-18(12-31(19)20)23(24,25)26/h2-4,9-12,14-15,29H,5-8H2,1H3,(H2,27,33). The van der Waals surface area contributed by atoms with Gasteiger partial charge in [0.15, 0.2) is 5.69 Å². The summed E-state index contributed by atoms with van der Waals surface area (Å²) in [6, 6.07) is 8.95. The molecular weight excluding hydrogens is 433 g/mol. The summed E-state index contributed by atoms with van der Waals surface area (Å²) in [6.45, 7) is 1.99. The van der Waals surface area contributed by atoms with E-state index in [1.54, 1.807) is 30.5 Å². The fraction of sp³-hybridized carbons (Fsp3) is 0.348. The van der Waals surface area contributed by atoms with Crippen LogP contribution in [0.5, 0.6) is 0 Å². The number of aryl methyl sites for hydroxylation is 1. The Balaban J connectivity index is 1.35. The number of anilines is 1. The fourth-order valence-corrected chi connectivity index (χ4v) is 4.87. The summed E-state index contributed by atoms with van der Waals surface area (Å²) in [7, 11) is 0. The molecule has 1 aliphatic rings. The van der Waals surface area contributed by atoms with Crippen molar-refractivity contribution in [1.29, 1.82) is 0 Å². The van der Waals surface area contributed by atoms with Gasteiger partial charge in [-0.3, -0.25) is 9.20 Å². The molecule has 1 fully saturated rings. The van der Waals surface area contributed by atoms with Gasteiger partial charge in [0, 0.05) is 35.6 Å². The van der Waals surface area contributed by atoms with Crippen molar-refractivity contribution in [2.75, 3.05) is 5.32 Å². The molecule has 0 radical (unpaired) electrons. The summed E-state index contributed by atoms with van der Waals surface area (Å²) < 4.78 is 42.9. The highest BCUT2D eigenvalue weighted by molar-refractivity contribution is 6.05. The molecule has 3 N–H and O–H groups in total. The molecule has 7 nitrogen and oxygen atoms in total. The second-order valence-electron chi connectivity index (χ2n) is 8.53. The Labute approximate surface area is 187 Å². The van der Waals surface area contributed by atoms with Crippen LogP contribution in [-0.4, -0.2) is 30.9 Å². The number of amides is 1. The van der Waals surface area contributed by atoms with E-state index in [1.807, 2.05) is 13.0 Å². The number of nitrogens with two attached hydrogens (primary N) is 1. The molecule has 33 heavy (non-hydrogen) atoms. The van der Waals surface area contributed by atoms with Crippen molar-refractivity contribution in [3.8, 4) is 0 Å². The van der Waals surface area contributed by atoms with Crippen LogP contribution in [0.25, 0.3) is 16.7 Å². The third-order valence-corrected chi connectivity index (χ3v) is 6.39. The number of carbonyl (C=O) groups is 1. The number of imidazole rings is 1. The normalized spacial score (nSPS) is 19.3. The Hall–Kier alpha value is -3.56. The number of fused-ring (bicyclic) bond motifs is 2. The molecule has 1 aliphatic carbocycles. The van der Waals surface area contributed by atoms with Crippen LogP contribution in [0.3, 0.4) is 0 Å². The minimum absolute atomic E-state index is 0.125. The number of nitrogens with one attached hydrogen (secondary N) is 1. The Morgan fingerprint density at radius 3 is 2.64 bits per heavy atom. The van der Waals surface area contributed by atoms with Gasteiger partial charge in [-0.2, -0.15) is 13.2 Å². The number of aromatic nitrogens is 4. The van der Waals surface area contributed by atoms with Gasteiger partial charge in [-0.15, -0.1) is 0 Å². The first-order chi connectivity index (χ1) is 15.7. The molecular formula is C23H23F3N6O. The van der Waals surface area contributed by atoms with Crippen LogP contribution >= 0.6 is 0 Å². The number of primary amides is 1. The number of hydrogen-bond donors (Lipinski definition) is 2. The highest BCUT2D eigenvalue weighted by Crippen LogP contribution is 2.35. The Morgan fingerprint density at radius 2 is 1.94 bits per heavy atom. The average molecular weight is 456 g/mol. The monoisotopic (exact) mass is 456 g/mol. The van der Waals surface area contributed by atoms with E-state index in [-0.39, 0.29) is 17.7 Å². The van der Waals surface area contributed by atoms with Crippen LogP contribution in [0.4, 0.5) is 19.0 Å². The third-order valence-electron chi connectivity index (χ3n) is 6.39. The minimum Gasteiger partial charge on any atom is -0.368 e. The molecule has 1 saturated carbocycles. The van der Waals surface area contributed by atoms with Crippen LogP contribution < -0.4 is 11.1 Å². The third kappa shape index (κ3) is 3.79. The van der Waals surface area contributed by atoms with Crippen LogP contribution in [0.1, 0.15) is 53.5 Å². The lowest BCUT2D eigenvalue weighted by Gasteiger charge is -2.31. The first-order valence-electron chi connectivity index (χ1n) is 10.8. The second kappa shape index (κ2) is 7.79. The zero-order chi connectivity index (χ0) is 23.3. The lowest BCUT2D eigenvalue weighted by Crippen LogP contribution is -2.28. The fourth-order valence-electron chi connectivity index (χ4n) is 4.87. The number of rotatable bonds is 4. The van der Waals surface area contributed by atoms with Crippen molar-refractivity contribution in [3.05, 3.63) is 59.7 Å². The van der Waals surface area contributed by atoms with Crippen molar-refractivity contribution in [1.82, 2.24) is 18.9 Å². The summed E-state index contributed by atoms with van der Waals surface area (Å²) in [4.78, 5) is 20.0. The molecule has 172 valence electrons. The number of nitrogens with zero attached hydrogens (tertiary/aromatic N) is 4. The lowest BCUT2D eigenvalue weighted by atomic mass is 9.90. The topological polar surface area (TPSA) is 90.2 Å². The molecule has 0 aliphatic heterocycles. The van der Waals surface area contributed by atoms with Crippen LogP contribution in [0.2, 0.25) is 0 Å². The number of hydrogen-bond acceptors (Lipinski definition) is 4. The van der Waals surface area contributed by atoms with Gasteiger partial charge in [0.05, 0.1) is 5.56 Å². The highest BCUT2D eigenvalue weighted by atomic mass is 19.4. The van der Waals surface area contributed by atoms with Crippen molar-refractivity contribution in [3.63, 3.8) is 0 Å². The molecule has 0 aromatic carbocycles. The average Bonchev–Trinajstić information content (AvgIpc) is 3.35. The molecule has 0 saturated heterocycles. The van der Waals surface area contributed by atoms with Gasteiger partial charge in [0.2, 0.25) is 5.91 Å². The van der Waals surface area contributed by atoms with E-state index in [0.29, 0.717) is 11.4 Å². The number of pyridine rings is 2. The predicted octanol–water partition coefficient (Wildman–Crippen LogP) is 4.71. The predicted molar refractivity (Wildman–Crippen MR) is 118 cm³/mol. The molecule has 4 aromatic rings. The van der Waals surface area contributed by atoms with E-state index in [9.17, 15) is 18.0 Å². The molecule has 4 aromatic heterocycles. The highest BCUT2D eigenvalue weighted by Gasteiger charge is 2.34. The van der Waals surface area contributed by atoms with Gasteiger partial charge in [-0.25, -0.2) is 9.97 Å². The van der Waals surface area contributed by atoms with E-state index in [0.717, 1.165) is 48.6 Å². The maximum Gasteiger partial charge on any atom is 0.434 e. The van der Waals surface area contributed by atoms with Gasteiger partial charge in [-0.05, 0) is 56.9 Å². The Morgan fingerprint density at radius 1 is 1.18 bits per heavy atom. The molecule has 1 amide bonds. The quantitative estimate of drug-likeness (QED) is 0.466. The second-order valence-corrected chi connectivity index (χ2v) is 8.53. The minimum atomic E-state index is -4.48. The molecule has 0 unspecified atom stereocenters. The lowest BCUT2D eigenvalue weighted by molar-refractivity contribution is -0.140. The first-order valence-corrected chi connectivity index (χ1v) is 10.8. The first kappa shape index (κ1) is 21.3. The molecule has 0 spiro atoms. The summed E-state index contributed by atoms with van der Waals surface area (Å²) in [6.07, 6.45) is 1.58. The maximum absolute atomic E-state index is 13.1. The molecule has 0 bridgehead atoms. The summed E-state index contributed by atoms with van der Waals surface area (Å²) in [5.41, 5.74) is 7.11. The van der Waals surface area contributed by atoms with Crippen molar-refractivity contribution >= 4 is 28.4 Å². The SMILES string of the molecule is Cc1cc2c(C(N)=O)ccnc2n1C1CCC(Nc2cccc3nc(C(F)(F)F)cn23)CC1. The van der Waals surface area contributed by atoms with Crippen LogP contribution in [-0.2, 0) is 6.18 Å². The molecule has 4 heterocycles. The van der Waals surface area contributed by atoms with Crippen molar-refractivity contribution in [2.24, 2.45) is 5.73 Å². The molecule has 5 rings (SSSR count). The number of carbonyl (C=O) groups excluding carboxylic acids is 1. The van der Waals surface area contributed by atoms with E-state index < -0.39 is 17.8 Å². The zero-order valence-electron chi connectivity index (χ0n) is 17.9. The van der Waals surface area contributed by atoms with Gasteiger partial charge >= 0.3 is 6.18 Å². The number of alkyl halides is 3. The molecule has 0 atom stereocenters. The van der Waals surface area contributed by atoms with E-state index in [2.05, 4.69) is 19.9 Å². The summed E-state index contributed by atoms with van der Waals surface area (Å²) in [5.74, 6) is 0.115. The van der Waals surface area contributed by atoms with Gasteiger partial charge < -0.3 is 15.6 Å².